The molecule has 5 fully saturated rings. The van der Waals surface area contributed by atoms with Crippen molar-refractivity contribution in [3.8, 4) is 11.8 Å². The number of hydrogen-bond donors (Lipinski definition) is 1. The number of hydrogen-bond acceptors (Lipinski definition) is 4. The molecule has 3 saturated carbocycles. The van der Waals surface area contributed by atoms with Gasteiger partial charge in [-0.15, -0.1) is 5.92 Å². The van der Waals surface area contributed by atoms with Crippen molar-refractivity contribution < 1.29 is 19.3 Å². The van der Waals surface area contributed by atoms with Crippen LogP contribution in [-0.4, -0.2) is 40.9 Å². The molecule has 0 aromatic heterocycles. The fraction of sp³-hybridized carbons (Fsp3) is 0.826. The Morgan fingerprint density at radius 3 is 2.70 bits per heavy atom. The zero-order chi connectivity index (χ0) is 18.5. The predicted molar refractivity (Wildman–Crippen MR) is 99.7 cm³/mol. The Bertz CT molecular complexity index is 786. The fourth-order valence-corrected chi connectivity index (χ4v) is 7.76. The van der Waals surface area contributed by atoms with E-state index in [2.05, 4.69) is 24.8 Å². The Morgan fingerprint density at radius 1 is 1.11 bits per heavy atom. The lowest BCUT2D eigenvalue weighted by atomic mass is 9.53. The molecule has 6 atom stereocenters. The molecule has 0 unspecified atom stereocenters. The van der Waals surface area contributed by atoms with Gasteiger partial charge in [-0.2, -0.15) is 0 Å². The van der Waals surface area contributed by atoms with Crippen molar-refractivity contribution in [2.75, 3.05) is 13.2 Å². The summed E-state index contributed by atoms with van der Waals surface area (Å²) in [6, 6.07) is 0. The van der Waals surface area contributed by atoms with Crippen molar-refractivity contribution in [1.29, 1.82) is 0 Å². The highest BCUT2D eigenvalue weighted by molar-refractivity contribution is 5.44. The Hall–Kier alpha value is -0.860. The summed E-state index contributed by atoms with van der Waals surface area (Å²) < 4.78 is 18.7. The first-order chi connectivity index (χ1) is 12.9. The van der Waals surface area contributed by atoms with Crippen LogP contribution in [0.15, 0.2) is 11.6 Å². The minimum atomic E-state index is -0.840. The molecule has 2 aliphatic heterocycles. The average Bonchev–Trinajstić information content (AvgIpc) is 2.99. The van der Waals surface area contributed by atoms with Crippen LogP contribution < -0.4 is 0 Å². The molecule has 0 radical (unpaired) electrons. The Kier molecular flexibility index (Phi) is 3.15. The number of epoxide rings is 1. The van der Waals surface area contributed by atoms with Crippen molar-refractivity contribution in [2.45, 2.75) is 87.8 Å². The van der Waals surface area contributed by atoms with Crippen LogP contribution in [0.2, 0.25) is 0 Å². The molecular weight excluding hydrogens is 340 g/mol. The summed E-state index contributed by atoms with van der Waals surface area (Å²) >= 11 is 0. The van der Waals surface area contributed by atoms with Gasteiger partial charge in [0.25, 0.3) is 0 Å². The van der Waals surface area contributed by atoms with Crippen LogP contribution in [-0.2, 0) is 14.2 Å². The van der Waals surface area contributed by atoms with Crippen molar-refractivity contribution in [3.63, 3.8) is 0 Å². The molecular formula is C23H30O4. The summed E-state index contributed by atoms with van der Waals surface area (Å²) in [5.74, 6) is 6.83. The zero-order valence-corrected chi connectivity index (χ0v) is 16.5. The molecule has 1 spiro atoms. The Balaban J connectivity index is 1.35. The highest BCUT2D eigenvalue weighted by Crippen LogP contribution is 2.74. The van der Waals surface area contributed by atoms with E-state index in [0.717, 1.165) is 51.4 Å². The van der Waals surface area contributed by atoms with E-state index in [1.807, 2.05) is 6.92 Å². The summed E-state index contributed by atoms with van der Waals surface area (Å²) in [6.07, 6.45) is 10.3. The van der Waals surface area contributed by atoms with Gasteiger partial charge in [-0.3, -0.25) is 0 Å². The monoisotopic (exact) mass is 370 g/mol. The van der Waals surface area contributed by atoms with Gasteiger partial charge in [0, 0.05) is 18.3 Å². The van der Waals surface area contributed by atoms with Gasteiger partial charge in [-0.25, -0.2) is 0 Å². The van der Waals surface area contributed by atoms with E-state index in [1.54, 1.807) is 0 Å². The Morgan fingerprint density at radius 2 is 1.93 bits per heavy atom. The van der Waals surface area contributed by atoms with Gasteiger partial charge in [0.1, 0.15) is 16.8 Å². The van der Waals surface area contributed by atoms with Crippen molar-refractivity contribution in [2.24, 2.45) is 17.3 Å². The van der Waals surface area contributed by atoms with Crippen molar-refractivity contribution in [3.05, 3.63) is 11.6 Å². The molecule has 1 N–H and O–H groups in total. The van der Waals surface area contributed by atoms with E-state index in [-0.39, 0.29) is 22.4 Å². The summed E-state index contributed by atoms with van der Waals surface area (Å²) in [5, 5.41) is 11.3. The molecule has 0 aromatic carbocycles. The van der Waals surface area contributed by atoms with Gasteiger partial charge in [0.2, 0.25) is 0 Å². The van der Waals surface area contributed by atoms with Crippen LogP contribution in [0, 0.1) is 29.1 Å². The second-order valence-corrected chi connectivity index (χ2v) is 10.0. The van der Waals surface area contributed by atoms with E-state index in [9.17, 15) is 5.11 Å². The summed E-state index contributed by atoms with van der Waals surface area (Å²) in [4.78, 5) is 0. The second kappa shape index (κ2) is 5.00. The number of allylic oxidation sites excluding steroid dienone is 1. The van der Waals surface area contributed by atoms with Crippen LogP contribution in [0.5, 0.6) is 0 Å². The second-order valence-electron chi connectivity index (χ2n) is 10.0. The van der Waals surface area contributed by atoms with Gasteiger partial charge < -0.3 is 19.3 Å². The molecule has 146 valence electrons. The maximum atomic E-state index is 11.3. The first-order valence-corrected chi connectivity index (χ1v) is 10.8. The highest BCUT2D eigenvalue weighted by Gasteiger charge is 2.79. The van der Waals surface area contributed by atoms with Crippen LogP contribution in [0.4, 0.5) is 0 Å². The van der Waals surface area contributed by atoms with Crippen molar-refractivity contribution >= 4 is 0 Å². The third-order valence-electron chi connectivity index (χ3n) is 9.16. The lowest BCUT2D eigenvalue weighted by Crippen LogP contribution is -2.53. The molecule has 0 bridgehead atoms. The fourth-order valence-electron chi connectivity index (χ4n) is 7.76. The molecule has 2 saturated heterocycles. The molecule has 27 heavy (non-hydrogen) atoms. The molecule has 2 heterocycles. The van der Waals surface area contributed by atoms with E-state index < -0.39 is 5.60 Å². The third-order valence-corrected chi connectivity index (χ3v) is 9.16. The quantitative estimate of drug-likeness (QED) is 0.404. The maximum Gasteiger partial charge on any atom is 0.171 e. The number of aliphatic hydroxyl groups is 1. The molecule has 4 aliphatic carbocycles. The minimum Gasteiger partial charge on any atom is -0.377 e. The highest BCUT2D eigenvalue weighted by atomic mass is 16.7. The van der Waals surface area contributed by atoms with E-state index >= 15 is 0 Å². The van der Waals surface area contributed by atoms with Gasteiger partial charge in [0.05, 0.1) is 13.2 Å². The van der Waals surface area contributed by atoms with E-state index in [1.165, 1.54) is 5.57 Å². The predicted octanol–water partition coefficient (Wildman–Crippen LogP) is 3.33. The summed E-state index contributed by atoms with van der Waals surface area (Å²) in [7, 11) is 0. The minimum absolute atomic E-state index is 0.0657. The SMILES string of the molecule is CC#C[C@]1(O)CC[C@H]2[C@@H]3CC[C@]45CC6(CC[C@]4(O5)C3=CC[C@@]21C)OCCO6. The van der Waals surface area contributed by atoms with Gasteiger partial charge in [-0.05, 0) is 62.9 Å². The molecule has 0 amide bonds. The molecule has 6 aliphatic rings. The van der Waals surface area contributed by atoms with Crippen LogP contribution in [0.3, 0.4) is 0 Å². The standard InChI is InChI=1S/C23H30O4/c1-3-7-20(24)9-6-17-16-4-10-21-15-22(25-13-14-26-22)11-12-23(21,27-21)18(16)5-8-19(17,20)2/h5,16-17,24H,4,6,8-15H2,1-2H3/t16-,17-,19-,20-,21-,23-/m0/s1. The first-order valence-electron chi connectivity index (χ1n) is 10.8. The molecule has 4 nitrogen and oxygen atoms in total. The number of ether oxygens (including phenoxy) is 3. The Labute approximate surface area is 161 Å². The van der Waals surface area contributed by atoms with Crippen LogP contribution >= 0.6 is 0 Å². The number of fused-ring (bicyclic) bond motifs is 3. The zero-order valence-electron chi connectivity index (χ0n) is 16.5. The largest absolute Gasteiger partial charge is 0.377 e. The first kappa shape index (κ1) is 17.0. The van der Waals surface area contributed by atoms with Crippen LogP contribution in [0.25, 0.3) is 0 Å². The van der Waals surface area contributed by atoms with Crippen molar-refractivity contribution in [1.82, 2.24) is 0 Å². The normalized spacial score (nSPS) is 54.1. The smallest absolute Gasteiger partial charge is 0.171 e. The van der Waals surface area contributed by atoms with Gasteiger partial charge in [-0.1, -0.05) is 18.9 Å². The third kappa shape index (κ3) is 1.86. The lowest BCUT2D eigenvalue weighted by Gasteiger charge is -2.51. The average molecular weight is 370 g/mol. The summed E-state index contributed by atoms with van der Waals surface area (Å²) in [5.41, 5.74) is 0.424. The molecule has 0 aromatic rings. The molecule has 6 rings (SSSR count). The van der Waals surface area contributed by atoms with E-state index in [0.29, 0.717) is 25.0 Å². The molecule has 4 heteroatoms. The van der Waals surface area contributed by atoms with E-state index in [4.69, 9.17) is 14.2 Å². The van der Waals surface area contributed by atoms with Gasteiger partial charge >= 0.3 is 0 Å². The van der Waals surface area contributed by atoms with Gasteiger partial charge in [0.15, 0.2) is 5.79 Å². The summed E-state index contributed by atoms with van der Waals surface area (Å²) in [6.45, 7) is 5.54. The maximum absolute atomic E-state index is 11.3. The van der Waals surface area contributed by atoms with Crippen LogP contribution in [0.1, 0.15) is 65.2 Å². The number of rotatable bonds is 0. The lowest BCUT2D eigenvalue weighted by molar-refractivity contribution is -0.185. The topological polar surface area (TPSA) is 51.2 Å².